The zero-order valence-corrected chi connectivity index (χ0v) is 11.1. The molecular weight excluding hydrogens is 250 g/mol. The Labute approximate surface area is 111 Å². The number of nitrogens with one attached hydrogen (secondary N) is 1. The van der Waals surface area contributed by atoms with E-state index in [1.165, 1.54) is 18.2 Å². The summed E-state index contributed by atoms with van der Waals surface area (Å²) in [5.41, 5.74) is 0.111. The second kappa shape index (κ2) is 6.14. The van der Waals surface area contributed by atoms with Gasteiger partial charge in [0, 0.05) is 18.7 Å². The van der Waals surface area contributed by atoms with Gasteiger partial charge in [-0.3, -0.25) is 10.1 Å². The van der Waals surface area contributed by atoms with E-state index < -0.39 is 10.9 Å². The lowest BCUT2D eigenvalue weighted by molar-refractivity contribution is -0.384. The second-order valence-electron chi connectivity index (χ2n) is 4.49. The van der Waals surface area contributed by atoms with Gasteiger partial charge in [0.25, 0.3) is 5.69 Å². The van der Waals surface area contributed by atoms with Crippen molar-refractivity contribution in [3.63, 3.8) is 0 Å². The molecule has 0 aliphatic heterocycles. The largest absolute Gasteiger partial charge is 0.478 e. The van der Waals surface area contributed by atoms with Crippen LogP contribution in [-0.2, 0) is 0 Å². The van der Waals surface area contributed by atoms with Gasteiger partial charge in [0.2, 0.25) is 0 Å². The molecule has 0 saturated heterocycles. The van der Waals surface area contributed by atoms with Crippen molar-refractivity contribution in [2.45, 2.75) is 13.0 Å². The lowest BCUT2D eigenvalue weighted by Gasteiger charge is -2.20. The number of carbonyl (C=O) groups is 1. The van der Waals surface area contributed by atoms with E-state index >= 15 is 0 Å². The summed E-state index contributed by atoms with van der Waals surface area (Å²) in [5, 5.41) is 22.7. The molecule has 0 radical (unpaired) electrons. The molecule has 0 amide bonds. The van der Waals surface area contributed by atoms with E-state index in [1.54, 1.807) is 0 Å². The number of aromatic carboxylic acids is 1. The van der Waals surface area contributed by atoms with E-state index in [9.17, 15) is 14.9 Å². The van der Waals surface area contributed by atoms with Gasteiger partial charge in [-0.05, 0) is 33.2 Å². The van der Waals surface area contributed by atoms with Gasteiger partial charge in [0.1, 0.15) is 5.69 Å². The molecule has 7 heteroatoms. The summed E-state index contributed by atoms with van der Waals surface area (Å²) in [7, 11) is 3.79. The molecule has 0 aliphatic carbocycles. The van der Waals surface area contributed by atoms with Crippen molar-refractivity contribution < 1.29 is 14.8 Å². The van der Waals surface area contributed by atoms with Gasteiger partial charge in [0.05, 0.1) is 10.5 Å². The molecule has 1 aromatic carbocycles. The van der Waals surface area contributed by atoms with E-state index in [0.29, 0.717) is 6.54 Å². The van der Waals surface area contributed by atoms with Gasteiger partial charge < -0.3 is 15.3 Å². The van der Waals surface area contributed by atoms with Gasteiger partial charge in [-0.15, -0.1) is 0 Å². The Morgan fingerprint density at radius 2 is 2.16 bits per heavy atom. The number of carboxylic acid groups (broad SMARTS) is 1. The molecule has 2 N–H and O–H groups in total. The summed E-state index contributed by atoms with van der Waals surface area (Å²) < 4.78 is 0. The van der Waals surface area contributed by atoms with Crippen LogP contribution in [0.3, 0.4) is 0 Å². The second-order valence-corrected chi connectivity index (χ2v) is 4.49. The minimum Gasteiger partial charge on any atom is -0.478 e. The van der Waals surface area contributed by atoms with Crippen molar-refractivity contribution in [1.82, 2.24) is 4.90 Å². The van der Waals surface area contributed by atoms with Gasteiger partial charge in [0.15, 0.2) is 0 Å². The molecule has 7 nitrogen and oxygen atoms in total. The number of benzene rings is 1. The number of hydrogen-bond acceptors (Lipinski definition) is 5. The molecule has 0 saturated carbocycles. The van der Waals surface area contributed by atoms with Gasteiger partial charge in [-0.1, -0.05) is 0 Å². The highest BCUT2D eigenvalue weighted by molar-refractivity contribution is 5.90. The maximum atomic E-state index is 10.9. The Bertz CT molecular complexity index is 488. The first-order valence-electron chi connectivity index (χ1n) is 5.75. The van der Waals surface area contributed by atoms with Crippen LogP contribution in [0, 0.1) is 10.1 Å². The molecule has 0 aliphatic rings. The standard InChI is InChI=1S/C12H17N3O4/c1-8(14(2)3)7-13-10-6-9(12(16)17)4-5-11(10)15(18)19/h4-6,8,13H,7H2,1-3H3,(H,16,17). The highest BCUT2D eigenvalue weighted by Gasteiger charge is 2.17. The number of nitro groups is 1. The predicted octanol–water partition coefficient (Wildman–Crippen LogP) is 1.66. The van der Waals surface area contributed by atoms with Crippen molar-refractivity contribution in [1.29, 1.82) is 0 Å². The molecule has 0 aromatic heterocycles. The van der Waals surface area contributed by atoms with E-state index in [2.05, 4.69) is 5.32 Å². The van der Waals surface area contributed by atoms with Gasteiger partial charge in [-0.25, -0.2) is 4.79 Å². The topological polar surface area (TPSA) is 95.7 Å². The molecule has 0 fully saturated rings. The van der Waals surface area contributed by atoms with Crippen LogP contribution in [-0.4, -0.2) is 47.6 Å². The average molecular weight is 267 g/mol. The van der Waals surface area contributed by atoms with Crippen molar-refractivity contribution in [3.8, 4) is 0 Å². The van der Waals surface area contributed by atoms with Crippen LogP contribution in [0.4, 0.5) is 11.4 Å². The van der Waals surface area contributed by atoms with E-state index in [0.717, 1.165) is 0 Å². The van der Waals surface area contributed by atoms with Crippen LogP contribution in [0.15, 0.2) is 18.2 Å². The smallest absolute Gasteiger partial charge is 0.335 e. The molecule has 0 bridgehead atoms. The zero-order chi connectivity index (χ0) is 14.6. The van der Waals surface area contributed by atoms with Crippen LogP contribution in [0.1, 0.15) is 17.3 Å². The molecule has 1 aromatic rings. The molecule has 104 valence electrons. The fourth-order valence-electron chi connectivity index (χ4n) is 1.41. The van der Waals surface area contributed by atoms with Gasteiger partial charge in [-0.2, -0.15) is 0 Å². The summed E-state index contributed by atoms with van der Waals surface area (Å²) in [6, 6.07) is 3.86. The van der Waals surface area contributed by atoms with Crippen molar-refractivity contribution in [2.24, 2.45) is 0 Å². The van der Waals surface area contributed by atoms with Crippen LogP contribution in [0.5, 0.6) is 0 Å². The normalized spacial score (nSPS) is 12.2. The summed E-state index contributed by atoms with van der Waals surface area (Å²) in [4.78, 5) is 23.2. The molecule has 0 spiro atoms. The third kappa shape index (κ3) is 3.92. The summed E-state index contributed by atoms with van der Waals surface area (Å²) in [6.07, 6.45) is 0. The van der Waals surface area contributed by atoms with Gasteiger partial charge >= 0.3 is 5.97 Å². The minimum atomic E-state index is -1.11. The number of likely N-dealkylation sites (N-methyl/N-ethyl adjacent to an activating group) is 1. The Balaban J connectivity index is 2.98. The van der Waals surface area contributed by atoms with E-state index in [1.807, 2.05) is 25.9 Å². The van der Waals surface area contributed by atoms with Crippen LogP contribution < -0.4 is 5.32 Å². The van der Waals surface area contributed by atoms with Crippen LogP contribution in [0.2, 0.25) is 0 Å². The number of nitrogens with zero attached hydrogens (tertiary/aromatic N) is 2. The summed E-state index contributed by atoms with van der Waals surface area (Å²) in [6.45, 7) is 2.44. The third-order valence-electron chi connectivity index (χ3n) is 2.91. The predicted molar refractivity (Wildman–Crippen MR) is 71.7 cm³/mol. The Morgan fingerprint density at radius 1 is 1.53 bits per heavy atom. The molecule has 1 unspecified atom stereocenters. The Hall–Kier alpha value is -2.15. The first-order valence-corrected chi connectivity index (χ1v) is 5.75. The quantitative estimate of drug-likeness (QED) is 0.601. The van der Waals surface area contributed by atoms with Crippen molar-refractivity contribution >= 4 is 17.3 Å². The maximum Gasteiger partial charge on any atom is 0.335 e. The van der Waals surface area contributed by atoms with E-state index in [-0.39, 0.29) is 23.0 Å². The first kappa shape index (κ1) is 14.9. The molecular formula is C12H17N3O4. The molecule has 0 heterocycles. The highest BCUT2D eigenvalue weighted by Crippen LogP contribution is 2.25. The number of hydrogen-bond donors (Lipinski definition) is 2. The van der Waals surface area contributed by atoms with Crippen molar-refractivity contribution in [2.75, 3.05) is 26.0 Å². The Kier molecular flexibility index (Phi) is 4.82. The number of nitro benzene ring substituents is 1. The fourth-order valence-corrected chi connectivity index (χ4v) is 1.41. The molecule has 1 rings (SSSR count). The third-order valence-corrected chi connectivity index (χ3v) is 2.91. The van der Waals surface area contributed by atoms with E-state index in [4.69, 9.17) is 5.11 Å². The highest BCUT2D eigenvalue weighted by atomic mass is 16.6. The molecule has 19 heavy (non-hydrogen) atoms. The lowest BCUT2D eigenvalue weighted by atomic mass is 10.1. The minimum absolute atomic E-state index is 0.0191. The fraction of sp³-hybridized carbons (Fsp3) is 0.417. The lowest BCUT2D eigenvalue weighted by Crippen LogP contribution is -2.31. The summed E-state index contributed by atoms with van der Waals surface area (Å²) in [5.74, 6) is -1.11. The maximum absolute atomic E-state index is 10.9. The summed E-state index contributed by atoms with van der Waals surface area (Å²) >= 11 is 0. The number of anilines is 1. The molecule has 1 atom stereocenters. The monoisotopic (exact) mass is 267 g/mol. The number of carboxylic acids is 1. The number of rotatable bonds is 6. The zero-order valence-electron chi connectivity index (χ0n) is 11.1. The Morgan fingerprint density at radius 3 is 2.63 bits per heavy atom. The first-order chi connectivity index (χ1) is 8.82. The average Bonchev–Trinajstić information content (AvgIpc) is 2.34. The van der Waals surface area contributed by atoms with Crippen LogP contribution >= 0.6 is 0 Å². The van der Waals surface area contributed by atoms with Crippen molar-refractivity contribution in [3.05, 3.63) is 33.9 Å². The van der Waals surface area contributed by atoms with Crippen LogP contribution in [0.25, 0.3) is 0 Å². The SMILES string of the molecule is CC(CNc1cc(C(=O)O)ccc1[N+](=O)[O-])N(C)C.